The minimum absolute atomic E-state index is 0.0694. The van der Waals surface area contributed by atoms with Crippen molar-refractivity contribution in [1.82, 2.24) is 0 Å². The Labute approximate surface area is 148 Å². The standard InChI is InChI=1S/C21H37O3/c1-4-19(12-8-10-16-23)18(3)21(14-7-6-9-15-22)20(5-2)13-11-17-24/h7-8,11-14,18-20,22-24H,4-6,9-10,15-17H2,1-3H3. The minimum atomic E-state index is 0.0694. The summed E-state index contributed by atoms with van der Waals surface area (Å²) in [5.41, 5.74) is 0. The van der Waals surface area contributed by atoms with Crippen molar-refractivity contribution in [1.29, 1.82) is 0 Å². The van der Waals surface area contributed by atoms with Crippen molar-refractivity contribution in [3.05, 3.63) is 42.4 Å². The van der Waals surface area contributed by atoms with Gasteiger partial charge >= 0.3 is 0 Å². The topological polar surface area (TPSA) is 60.7 Å². The second-order valence-electron chi connectivity index (χ2n) is 6.19. The van der Waals surface area contributed by atoms with Crippen molar-refractivity contribution in [3.8, 4) is 0 Å². The molecule has 3 heteroatoms. The van der Waals surface area contributed by atoms with E-state index in [-0.39, 0.29) is 19.8 Å². The van der Waals surface area contributed by atoms with Crippen LogP contribution in [0.1, 0.15) is 52.9 Å². The molecule has 0 aliphatic rings. The summed E-state index contributed by atoms with van der Waals surface area (Å²) >= 11 is 0. The van der Waals surface area contributed by atoms with Crippen molar-refractivity contribution in [2.75, 3.05) is 19.8 Å². The molecule has 0 fully saturated rings. The molecule has 0 amide bonds. The van der Waals surface area contributed by atoms with E-state index in [1.165, 1.54) is 5.92 Å². The first-order chi connectivity index (χ1) is 11.7. The smallest absolute Gasteiger partial charge is 0.0612 e. The first-order valence-electron chi connectivity index (χ1n) is 9.35. The van der Waals surface area contributed by atoms with Gasteiger partial charge in [0.1, 0.15) is 0 Å². The Morgan fingerprint density at radius 1 is 0.875 bits per heavy atom. The summed E-state index contributed by atoms with van der Waals surface area (Å²) in [6.45, 7) is 7.11. The van der Waals surface area contributed by atoms with Gasteiger partial charge in [-0.2, -0.15) is 0 Å². The van der Waals surface area contributed by atoms with Crippen LogP contribution in [0.25, 0.3) is 0 Å². The van der Waals surface area contributed by atoms with E-state index in [1.54, 1.807) is 0 Å². The molecule has 0 heterocycles. The van der Waals surface area contributed by atoms with E-state index in [0.29, 0.717) is 24.2 Å². The molecule has 0 saturated heterocycles. The number of allylic oxidation sites excluding steroid dienone is 4. The predicted octanol–water partition coefficient (Wildman–Crippen LogP) is 4.07. The van der Waals surface area contributed by atoms with Crippen LogP contribution in [0.3, 0.4) is 0 Å². The third-order valence-electron chi connectivity index (χ3n) is 4.50. The quantitative estimate of drug-likeness (QED) is 0.331. The van der Waals surface area contributed by atoms with Gasteiger partial charge in [0.2, 0.25) is 0 Å². The molecule has 3 nitrogen and oxygen atoms in total. The zero-order chi connectivity index (χ0) is 18.2. The Balaban J connectivity index is 5.22. The van der Waals surface area contributed by atoms with Gasteiger partial charge in [0, 0.05) is 19.1 Å². The number of hydrogen-bond donors (Lipinski definition) is 3. The van der Waals surface area contributed by atoms with Crippen LogP contribution < -0.4 is 0 Å². The Hall–Kier alpha value is -0.900. The Bertz CT molecular complexity index is 360. The molecule has 24 heavy (non-hydrogen) atoms. The first kappa shape index (κ1) is 23.1. The summed E-state index contributed by atoms with van der Waals surface area (Å²) in [6.07, 6.45) is 17.0. The maximum Gasteiger partial charge on any atom is 0.0612 e. The summed E-state index contributed by atoms with van der Waals surface area (Å²) in [5.74, 6) is 2.52. The SMILES string of the molecule is CCC(C=CCO)[C](C=CCCCO)C(C)C(C=CCCO)CC. The van der Waals surface area contributed by atoms with Crippen molar-refractivity contribution in [2.24, 2.45) is 17.8 Å². The van der Waals surface area contributed by atoms with Crippen LogP contribution >= 0.6 is 0 Å². The van der Waals surface area contributed by atoms with Crippen LogP contribution in [0.4, 0.5) is 0 Å². The van der Waals surface area contributed by atoms with Crippen LogP contribution in [-0.4, -0.2) is 35.1 Å². The third-order valence-corrected chi connectivity index (χ3v) is 4.50. The molecule has 0 bridgehead atoms. The Morgan fingerprint density at radius 3 is 2.17 bits per heavy atom. The van der Waals surface area contributed by atoms with Crippen LogP contribution in [-0.2, 0) is 0 Å². The van der Waals surface area contributed by atoms with Crippen molar-refractivity contribution < 1.29 is 15.3 Å². The van der Waals surface area contributed by atoms with Crippen molar-refractivity contribution in [2.45, 2.75) is 52.9 Å². The molecule has 0 spiro atoms. The van der Waals surface area contributed by atoms with E-state index in [0.717, 1.165) is 25.7 Å². The summed E-state index contributed by atoms with van der Waals surface area (Å²) in [6, 6.07) is 0. The lowest BCUT2D eigenvalue weighted by molar-refractivity contribution is 0.289. The molecule has 0 aliphatic heterocycles. The molecule has 139 valence electrons. The minimum Gasteiger partial charge on any atom is -0.396 e. The Morgan fingerprint density at radius 2 is 1.62 bits per heavy atom. The molecule has 0 aromatic heterocycles. The zero-order valence-corrected chi connectivity index (χ0v) is 15.7. The summed E-state index contributed by atoms with van der Waals surface area (Å²) in [5, 5.41) is 27.0. The molecule has 0 aromatic carbocycles. The van der Waals surface area contributed by atoms with Gasteiger partial charge in [-0.15, -0.1) is 0 Å². The van der Waals surface area contributed by atoms with Gasteiger partial charge in [0.05, 0.1) is 6.61 Å². The van der Waals surface area contributed by atoms with Gasteiger partial charge in [0.25, 0.3) is 0 Å². The molecule has 3 atom stereocenters. The number of hydrogen-bond acceptors (Lipinski definition) is 3. The lowest BCUT2D eigenvalue weighted by atomic mass is 9.73. The van der Waals surface area contributed by atoms with Gasteiger partial charge in [-0.3, -0.25) is 0 Å². The molecule has 0 saturated carbocycles. The van der Waals surface area contributed by atoms with E-state index in [1.807, 2.05) is 6.08 Å². The second-order valence-corrected chi connectivity index (χ2v) is 6.19. The van der Waals surface area contributed by atoms with Gasteiger partial charge in [0.15, 0.2) is 0 Å². The average Bonchev–Trinajstić information content (AvgIpc) is 2.60. The maximum atomic E-state index is 9.10. The summed E-state index contributed by atoms with van der Waals surface area (Å²) in [4.78, 5) is 0. The first-order valence-corrected chi connectivity index (χ1v) is 9.35. The van der Waals surface area contributed by atoms with Gasteiger partial charge in [-0.1, -0.05) is 57.2 Å². The van der Waals surface area contributed by atoms with Crippen LogP contribution in [0, 0.1) is 23.7 Å². The fourth-order valence-electron chi connectivity index (χ4n) is 3.00. The van der Waals surface area contributed by atoms with E-state index >= 15 is 0 Å². The fourth-order valence-corrected chi connectivity index (χ4v) is 3.00. The molecule has 3 unspecified atom stereocenters. The van der Waals surface area contributed by atoms with E-state index in [4.69, 9.17) is 15.3 Å². The largest absolute Gasteiger partial charge is 0.396 e. The van der Waals surface area contributed by atoms with Gasteiger partial charge in [-0.25, -0.2) is 0 Å². The number of unbranched alkanes of at least 4 members (excludes halogenated alkanes) is 1. The highest BCUT2D eigenvalue weighted by molar-refractivity contribution is 5.22. The van der Waals surface area contributed by atoms with E-state index in [9.17, 15) is 0 Å². The molecular formula is C21H37O3. The monoisotopic (exact) mass is 337 g/mol. The normalized spacial score (nSPS) is 16.6. The predicted molar refractivity (Wildman–Crippen MR) is 102 cm³/mol. The van der Waals surface area contributed by atoms with Gasteiger partial charge in [-0.05, 0) is 49.9 Å². The van der Waals surface area contributed by atoms with Gasteiger partial charge < -0.3 is 15.3 Å². The summed E-state index contributed by atoms with van der Waals surface area (Å²) < 4.78 is 0. The highest BCUT2D eigenvalue weighted by atomic mass is 16.3. The number of aliphatic hydroxyl groups excluding tert-OH is 3. The molecule has 1 radical (unpaired) electrons. The Kier molecular flexibility index (Phi) is 15.0. The number of aliphatic hydroxyl groups is 3. The molecule has 0 aliphatic carbocycles. The third kappa shape index (κ3) is 9.41. The van der Waals surface area contributed by atoms with Crippen molar-refractivity contribution in [3.63, 3.8) is 0 Å². The number of rotatable bonds is 14. The second kappa shape index (κ2) is 15.6. The molecule has 0 rings (SSSR count). The zero-order valence-electron chi connectivity index (χ0n) is 15.7. The maximum absolute atomic E-state index is 9.10. The van der Waals surface area contributed by atoms with E-state index < -0.39 is 0 Å². The van der Waals surface area contributed by atoms with Crippen LogP contribution in [0.5, 0.6) is 0 Å². The fraction of sp³-hybridized carbons (Fsp3) is 0.667. The van der Waals surface area contributed by atoms with E-state index in [2.05, 4.69) is 51.2 Å². The highest BCUT2D eigenvalue weighted by Gasteiger charge is 2.26. The van der Waals surface area contributed by atoms with Crippen molar-refractivity contribution >= 4 is 0 Å². The molecule has 0 aromatic rings. The van der Waals surface area contributed by atoms with Crippen LogP contribution in [0.15, 0.2) is 36.5 Å². The summed E-state index contributed by atoms with van der Waals surface area (Å²) in [7, 11) is 0. The average molecular weight is 338 g/mol. The highest BCUT2D eigenvalue weighted by Crippen LogP contribution is 2.35. The lowest BCUT2D eigenvalue weighted by Gasteiger charge is -2.31. The molecular weight excluding hydrogens is 300 g/mol. The van der Waals surface area contributed by atoms with Crippen LogP contribution in [0.2, 0.25) is 0 Å². The molecule has 3 N–H and O–H groups in total. The lowest BCUT2D eigenvalue weighted by Crippen LogP contribution is -2.22.